The van der Waals surface area contributed by atoms with Gasteiger partial charge < -0.3 is 19.5 Å². The lowest BCUT2D eigenvalue weighted by Crippen LogP contribution is -2.45. The monoisotopic (exact) mass is 468 g/mol. The highest BCUT2D eigenvalue weighted by Gasteiger charge is 2.32. The third kappa shape index (κ3) is 6.31. The van der Waals surface area contributed by atoms with Crippen molar-refractivity contribution < 1.29 is 27.4 Å². The second-order valence-corrected chi connectivity index (χ2v) is 6.38. The van der Waals surface area contributed by atoms with Crippen LogP contribution in [0.4, 0.5) is 13.2 Å². The van der Waals surface area contributed by atoms with Crippen molar-refractivity contribution >= 4 is 24.8 Å². The fourth-order valence-electron chi connectivity index (χ4n) is 3.50. The van der Waals surface area contributed by atoms with Crippen LogP contribution in [0.15, 0.2) is 42.5 Å². The lowest BCUT2D eigenvalue weighted by atomic mass is 9.94. The first-order chi connectivity index (χ1) is 13.4. The van der Waals surface area contributed by atoms with Gasteiger partial charge in [-0.25, -0.2) is 0 Å². The van der Waals surface area contributed by atoms with Crippen LogP contribution >= 0.6 is 24.8 Å². The minimum atomic E-state index is -4.72. The van der Waals surface area contributed by atoms with E-state index in [0.717, 1.165) is 37.3 Å². The molecular formula is C20H25Cl2F3N2O3. The number of nitrogens with one attached hydrogen (secondary N) is 1. The van der Waals surface area contributed by atoms with Crippen molar-refractivity contribution in [1.82, 2.24) is 10.2 Å². The molecule has 30 heavy (non-hydrogen) atoms. The Kier molecular flexibility index (Phi) is 10.0. The van der Waals surface area contributed by atoms with Crippen LogP contribution in [0.1, 0.15) is 17.2 Å². The zero-order chi connectivity index (χ0) is 20.1. The normalized spacial score (nSPS) is 15.4. The molecule has 168 valence electrons. The van der Waals surface area contributed by atoms with E-state index in [4.69, 9.17) is 9.47 Å². The van der Waals surface area contributed by atoms with Gasteiger partial charge in [-0.15, -0.1) is 38.0 Å². The van der Waals surface area contributed by atoms with Gasteiger partial charge >= 0.3 is 6.36 Å². The Bertz CT molecular complexity index is 764. The Labute approximate surface area is 186 Å². The molecule has 0 radical (unpaired) electrons. The first-order valence-electron chi connectivity index (χ1n) is 8.94. The highest BCUT2D eigenvalue weighted by atomic mass is 35.5. The van der Waals surface area contributed by atoms with E-state index in [2.05, 4.69) is 15.0 Å². The molecule has 2 aromatic carbocycles. The smallest absolute Gasteiger partial charge is 0.496 e. The highest BCUT2D eigenvalue weighted by Crippen LogP contribution is 2.41. The average Bonchev–Trinajstić information content (AvgIpc) is 2.69. The van der Waals surface area contributed by atoms with Crippen molar-refractivity contribution in [2.24, 2.45) is 0 Å². The minimum Gasteiger partial charge on any atom is -0.496 e. The van der Waals surface area contributed by atoms with Crippen molar-refractivity contribution in [3.8, 4) is 17.2 Å². The molecule has 2 aromatic rings. The topological polar surface area (TPSA) is 43.0 Å². The Morgan fingerprint density at radius 1 is 0.900 bits per heavy atom. The molecule has 10 heteroatoms. The molecule has 0 amide bonds. The van der Waals surface area contributed by atoms with Crippen molar-refractivity contribution in [3.63, 3.8) is 0 Å². The van der Waals surface area contributed by atoms with E-state index in [9.17, 15) is 13.2 Å². The first-order valence-corrected chi connectivity index (χ1v) is 8.94. The molecule has 0 bridgehead atoms. The number of nitrogens with zero attached hydrogens (tertiary/aromatic N) is 1. The number of halogens is 5. The summed E-state index contributed by atoms with van der Waals surface area (Å²) in [5.41, 5.74) is 1.68. The quantitative estimate of drug-likeness (QED) is 0.678. The van der Waals surface area contributed by atoms with Gasteiger partial charge in [-0.3, -0.25) is 4.90 Å². The molecule has 0 saturated carbocycles. The van der Waals surface area contributed by atoms with Gasteiger partial charge in [0.1, 0.15) is 17.2 Å². The summed E-state index contributed by atoms with van der Waals surface area (Å²) in [4.78, 5) is 2.26. The number of piperazine rings is 1. The Morgan fingerprint density at radius 2 is 1.43 bits per heavy atom. The molecule has 0 unspecified atom stereocenters. The number of hydrogen-bond donors (Lipinski definition) is 1. The summed E-state index contributed by atoms with van der Waals surface area (Å²) in [7, 11) is 3.18. The van der Waals surface area contributed by atoms with E-state index in [1.165, 1.54) is 12.1 Å². The number of benzene rings is 2. The van der Waals surface area contributed by atoms with Gasteiger partial charge in [0, 0.05) is 26.2 Å². The number of methoxy groups -OCH3 is 2. The zero-order valence-corrected chi connectivity index (χ0v) is 18.2. The van der Waals surface area contributed by atoms with Gasteiger partial charge in [0.25, 0.3) is 0 Å². The summed E-state index contributed by atoms with van der Waals surface area (Å²) in [6.07, 6.45) is -4.72. The molecule has 1 fully saturated rings. The van der Waals surface area contributed by atoms with Crippen LogP contribution < -0.4 is 19.5 Å². The van der Waals surface area contributed by atoms with E-state index in [1.807, 2.05) is 18.2 Å². The van der Waals surface area contributed by atoms with Crippen molar-refractivity contribution in [1.29, 1.82) is 0 Å². The molecule has 5 nitrogen and oxygen atoms in total. The van der Waals surface area contributed by atoms with Crippen LogP contribution in [-0.4, -0.2) is 51.7 Å². The fraction of sp³-hybridized carbons (Fsp3) is 0.400. The zero-order valence-electron chi connectivity index (χ0n) is 16.6. The SMILES string of the molecule is COc1cccc(OC)c1[C@@H](c1ccc(OC(F)(F)F)cc1)N1CCNCC1.Cl.Cl. The van der Waals surface area contributed by atoms with Crippen LogP contribution in [0.2, 0.25) is 0 Å². The second kappa shape index (κ2) is 11.5. The van der Waals surface area contributed by atoms with Crippen LogP contribution in [0, 0.1) is 0 Å². The summed E-state index contributed by atoms with van der Waals surface area (Å²) >= 11 is 0. The van der Waals surface area contributed by atoms with Crippen molar-refractivity contribution in [3.05, 3.63) is 53.6 Å². The van der Waals surface area contributed by atoms with Gasteiger partial charge in [0.2, 0.25) is 0 Å². The lowest BCUT2D eigenvalue weighted by Gasteiger charge is -2.36. The number of ether oxygens (including phenoxy) is 3. The van der Waals surface area contributed by atoms with Gasteiger partial charge in [-0.1, -0.05) is 18.2 Å². The van der Waals surface area contributed by atoms with Crippen LogP contribution in [-0.2, 0) is 0 Å². The Morgan fingerprint density at radius 3 is 1.90 bits per heavy atom. The van der Waals surface area contributed by atoms with E-state index >= 15 is 0 Å². The minimum absolute atomic E-state index is 0. The van der Waals surface area contributed by atoms with Gasteiger partial charge in [0.15, 0.2) is 0 Å². The van der Waals surface area contributed by atoms with E-state index in [1.54, 1.807) is 26.4 Å². The predicted octanol–water partition coefficient (Wildman–Crippen LogP) is 4.44. The van der Waals surface area contributed by atoms with E-state index < -0.39 is 6.36 Å². The molecule has 0 aliphatic carbocycles. The molecule has 1 aliphatic heterocycles. The molecule has 1 heterocycles. The predicted molar refractivity (Wildman–Crippen MR) is 113 cm³/mol. The molecular weight excluding hydrogens is 444 g/mol. The van der Waals surface area contributed by atoms with Crippen LogP contribution in [0.3, 0.4) is 0 Å². The summed E-state index contributed by atoms with van der Waals surface area (Å²) in [5, 5.41) is 3.32. The van der Waals surface area contributed by atoms with Gasteiger partial charge in [0.05, 0.1) is 25.8 Å². The maximum atomic E-state index is 12.5. The van der Waals surface area contributed by atoms with Crippen molar-refractivity contribution in [2.45, 2.75) is 12.4 Å². The molecule has 1 N–H and O–H groups in total. The number of rotatable bonds is 6. The van der Waals surface area contributed by atoms with E-state index in [-0.39, 0.29) is 36.6 Å². The van der Waals surface area contributed by atoms with Gasteiger partial charge in [-0.05, 0) is 29.8 Å². The summed E-state index contributed by atoms with van der Waals surface area (Å²) in [5.74, 6) is 1.08. The standard InChI is InChI=1S/C20H23F3N2O3.2ClH/c1-26-16-4-3-5-17(27-2)18(16)19(25-12-10-24-11-13-25)14-6-8-15(9-7-14)28-20(21,22)23;;/h3-9,19,24H,10-13H2,1-2H3;2*1H/t19-;;/m1../s1. The third-order valence-electron chi connectivity index (χ3n) is 4.69. The number of hydrogen-bond acceptors (Lipinski definition) is 5. The third-order valence-corrected chi connectivity index (χ3v) is 4.69. The molecule has 1 atom stereocenters. The maximum Gasteiger partial charge on any atom is 0.573 e. The summed E-state index contributed by atoms with van der Waals surface area (Å²) in [6, 6.07) is 11.3. The largest absolute Gasteiger partial charge is 0.573 e. The van der Waals surface area contributed by atoms with Crippen molar-refractivity contribution in [2.75, 3.05) is 40.4 Å². The Balaban J connectivity index is 0.00000225. The average molecular weight is 469 g/mol. The van der Waals surface area contributed by atoms with Gasteiger partial charge in [-0.2, -0.15) is 0 Å². The molecule has 3 rings (SSSR count). The molecule has 1 aliphatic rings. The molecule has 0 spiro atoms. The molecule has 1 saturated heterocycles. The molecule has 0 aromatic heterocycles. The fourth-order valence-corrected chi connectivity index (χ4v) is 3.50. The van der Waals surface area contributed by atoms with E-state index in [0.29, 0.717) is 11.5 Å². The Hall–Kier alpha value is -1.87. The van der Waals surface area contributed by atoms with Crippen LogP contribution in [0.25, 0.3) is 0 Å². The highest BCUT2D eigenvalue weighted by molar-refractivity contribution is 5.85. The number of alkyl halides is 3. The lowest BCUT2D eigenvalue weighted by molar-refractivity contribution is -0.274. The summed E-state index contributed by atoms with van der Waals surface area (Å²) < 4.78 is 52.6. The summed E-state index contributed by atoms with van der Waals surface area (Å²) in [6.45, 7) is 3.21. The second-order valence-electron chi connectivity index (χ2n) is 6.38. The maximum absolute atomic E-state index is 12.5. The first kappa shape index (κ1) is 26.2. The van der Waals surface area contributed by atoms with Crippen LogP contribution in [0.5, 0.6) is 17.2 Å².